The van der Waals surface area contributed by atoms with Crippen molar-refractivity contribution in [3.8, 4) is 0 Å². The lowest BCUT2D eigenvalue weighted by molar-refractivity contribution is -0.306. The molecule has 1 amide bonds. The number of carbonyl (C=O) groups excluding carboxylic acids is 4. The van der Waals surface area contributed by atoms with Crippen LogP contribution in [0.4, 0.5) is 13.2 Å². The molecule has 0 radical (unpaired) electrons. The van der Waals surface area contributed by atoms with Crippen molar-refractivity contribution in [2.75, 3.05) is 26.3 Å². The fourth-order valence-electron chi connectivity index (χ4n) is 3.62. The molecule has 0 aromatic heterocycles. The predicted octanol–water partition coefficient (Wildman–Crippen LogP) is 1.77. The van der Waals surface area contributed by atoms with Gasteiger partial charge in [-0.15, -0.1) is 0 Å². The van der Waals surface area contributed by atoms with E-state index in [4.69, 9.17) is 29.2 Å². The number of nitrogens with zero attached hydrogens (tertiary/aromatic N) is 3. The Balaban J connectivity index is 2.96. The van der Waals surface area contributed by atoms with E-state index in [0.29, 0.717) is 25.8 Å². The average molecular weight is 635 g/mol. The van der Waals surface area contributed by atoms with Crippen molar-refractivity contribution >= 4 is 33.9 Å². The van der Waals surface area contributed by atoms with Crippen molar-refractivity contribution in [2.45, 2.75) is 89.1 Å². The largest absolute Gasteiger partial charge is 0.523 e. The van der Waals surface area contributed by atoms with Crippen LogP contribution < -0.4 is 5.32 Å². The molecular weight excluding hydrogens is 601 g/mol. The molecule has 0 saturated carbocycles. The quantitative estimate of drug-likeness (QED) is 0.0354. The van der Waals surface area contributed by atoms with Crippen LogP contribution in [-0.4, -0.2) is 94.8 Å². The number of nitrogens with one attached hydrogen (secondary N) is 1. The highest BCUT2D eigenvalue weighted by molar-refractivity contribution is 7.87. The molecule has 1 saturated heterocycles. The third-order valence-electron chi connectivity index (χ3n) is 5.32. The number of ether oxygens (including phenoxy) is 5. The Morgan fingerprint density at radius 2 is 1.52 bits per heavy atom. The van der Waals surface area contributed by atoms with E-state index in [0.717, 1.165) is 20.8 Å². The molecule has 0 bridgehead atoms. The molecule has 42 heavy (non-hydrogen) atoms. The van der Waals surface area contributed by atoms with E-state index in [1.54, 1.807) is 0 Å². The number of rotatable bonds is 17. The molecule has 2 unspecified atom stereocenters. The lowest BCUT2D eigenvalue weighted by atomic mass is 9.98. The Morgan fingerprint density at radius 3 is 2.10 bits per heavy atom. The Hall–Kier alpha value is -3.19. The van der Waals surface area contributed by atoms with Gasteiger partial charge in [0.1, 0.15) is 6.10 Å². The van der Waals surface area contributed by atoms with Gasteiger partial charge < -0.3 is 29.0 Å². The Morgan fingerprint density at radius 1 is 0.929 bits per heavy atom. The molecule has 16 nitrogen and oxygen atoms in total. The van der Waals surface area contributed by atoms with Gasteiger partial charge in [-0.3, -0.25) is 23.4 Å². The van der Waals surface area contributed by atoms with E-state index in [9.17, 15) is 40.8 Å². The summed E-state index contributed by atoms with van der Waals surface area (Å²) >= 11 is 0. The van der Waals surface area contributed by atoms with Crippen LogP contribution in [0.1, 0.15) is 52.9 Å². The lowest BCUT2D eigenvalue weighted by Crippen LogP contribution is -2.63. The molecule has 0 spiro atoms. The first kappa shape index (κ1) is 36.8. The SMILES string of the molecule is CC(=O)OC1[C@@H](OC(C)=O)C(COS(=O)(=O)C(F)(F)F)O[C@@H](OCCCNC(=O)CCCCCN=[N+]=[N-])[C@H]1OC(C)=O. The zero-order chi connectivity index (χ0) is 31.9. The number of unbranched alkanes of at least 4 members (excludes halogenated alkanes) is 2. The average Bonchev–Trinajstić information content (AvgIpc) is 2.86. The Kier molecular flexibility index (Phi) is 15.5. The van der Waals surface area contributed by atoms with Gasteiger partial charge in [-0.25, -0.2) is 0 Å². The second-order valence-corrected chi connectivity index (χ2v) is 10.4. The zero-order valence-electron chi connectivity index (χ0n) is 23.0. The molecule has 20 heteroatoms. The van der Waals surface area contributed by atoms with Crippen molar-refractivity contribution < 1.29 is 68.6 Å². The maximum Gasteiger partial charge on any atom is 0.523 e. The second-order valence-electron chi connectivity index (χ2n) is 8.79. The van der Waals surface area contributed by atoms with Gasteiger partial charge in [-0.2, -0.15) is 21.6 Å². The van der Waals surface area contributed by atoms with E-state index >= 15 is 0 Å². The Bertz CT molecular complexity index is 1080. The van der Waals surface area contributed by atoms with Crippen LogP contribution in [0.25, 0.3) is 10.4 Å². The number of halogens is 3. The number of carbonyl (C=O) groups is 4. The Labute approximate surface area is 239 Å². The van der Waals surface area contributed by atoms with Gasteiger partial charge in [0, 0.05) is 45.2 Å². The first-order valence-corrected chi connectivity index (χ1v) is 14.0. The van der Waals surface area contributed by atoms with Gasteiger partial charge in [0.05, 0.1) is 13.2 Å². The molecule has 1 rings (SSSR count). The minimum Gasteiger partial charge on any atom is -0.456 e. The van der Waals surface area contributed by atoms with E-state index in [-0.39, 0.29) is 31.9 Å². The summed E-state index contributed by atoms with van der Waals surface area (Å²) in [7, 11) is -6.10. The maximum absolute atomic E-state index is 12.8. The molecule has 1 aliphatic heterocycles. The molecular formula is C22H33F3N4O12S. The summed E-state index contributed by atoms with van der Waals surface area (Å²) in [6.07, 6.45) is -6.25. The molecule has 0 aromatic rings. The van der Waals surface area contributed by atoms with Crippen LogP contribution >= 0.6 is 0 Å². The molecule has 1 heterocycles. The highest BCUT2D eigenvalue weighted by Gasteiger charge is 2.54. The van der Waals surface area contributed by atoms with Gasteiger partial charge in [0.25, 0.3) is 0 Å². The lowest BCUT2D eigenvalue weighted by Gasteiger charge is -2.44. The summed E-state index contributed by atoms with van der Waals surface area (Å²) in [6.45, 7) is 1.78. The number of esters is 3. The van der Waals surface area contributed by atoms with Gasteiger partial charge in [-0.05, 0) is 24.8 Å². The number of hydrogen-bond donors (Lipinski definition) is 1. The van der Waals surface area contributed by atoms with Crippen LogP contribution in [0.5, 0.6) is 0 Å². The molecule has 5 atom stereocenters. The van der Waals surface area contributed by atoms with Crippen LogP contribution in [0, 0.1) is 0 Å². The number of hydrogen-bond acceptors (Lipinski definition) is 13. The normalized spacial score (nSPS) is 22.4. The minimum absolute atomic E-state index is 0.127. The topological polar surface area (TPSA) is 219 Å². The standard InChI is InChI=1S/C22H33F3N4O12S/c1-13(30)38-18-16(12-37-42(34,35)22(23,24)25)41-21(20(40-15(3)32)19(18)39-14(2)31)36-11-7-9-27-17(33)8-5-4-6-10-28-29-26/h16,18-21H,4-12H2,1-3H3,(H,27,33)/t16?,18-,19?,20-,21+/m0/s1. The maximum atomic E-state index is 12.8. The molecule has 1 fully saturated rings. The van der Waals surface area contributed by atoms with Gasteiger partial charge >= 0.3 is 33.5 Å². The summed E-state index contributed by atoms with van der Waals surface area (Å²) < 4.78 is 91.8. The third-order valence-corrected chi connectivity index (χ3v) is 6.33. The molecule has 1 aliphatic rings. The first-order chi connectivity index (χ1) is 19.6. The zero-order valence-corrected chi connectivity index (χ0v) is 23.8. The van der Waals surface area contributed by atoms with E-state index in [1.807, 2.05) is 0 Å². The second kappa shape index (κ2) is 17.7. The molecule has 1 N–H and O–H groups in total. The minimum atomic E-state index is -6.10. The molecule has 0 aromatic carbocycles. The van der Waals surface area contributed by atoms with Crippen molar-refractivity contribution in [1.82, 2.24) is 5.32 Å². The summed E-state index contributed by atoms with van der Waals surface area (Å²) in [4.78, 5) is 49.9. The van der Waals surface area contributed by atoms with Crippen molar-refractivity contribution in [2.24, 2.45) is 5.11 Å². The fraction of sp³-hybridized carbons (Fsp3) is 0.818. The summed E-state index contributed by atoms with van der Waals surface area (Å²) in [5.41, 5.74) is 2.45. The van der Waals surface area contributed by atoms with Crippen molar-refractivity contribution in [3.63, 3.8) is 0 Å². The predicted molar refractivity (Wildman–Crippen MR) is 132 cm³/mol. The van der Waals surface area contributed by atoms with E-state index in [2.05, 4.69) is 19.5 Å². The van der Waals surface area contributed by atoms with Crippen LogP contribution in [0.15, 0.2) is 5.11 Å². The monoisotopic (exact) mass is 634 g/mol. The summed E-state index contributed by atoms with van der Waals surface area (Å²) in [5.74, 6) is -3.17. The first-order valence-electron chi connectivity index (χ1n) is 12.6. The summed E-state index contributed by atoms with van der Waals surface area (Å²) in [6, 6.07) is 0. The van der Waals surface area contributed by atoms with Crippen molar-refractivity contribution in [1.29, 1.82) is 0 Å². The number of amides is 1. The van der Waals surface area contributed by atoms with Gasteiger partial charge in [0.15, 0.2) is 24.6 Å². The number of azide groups is 1. The molecule has 240 valence electrons. The smallest absolute Gasteiger partial charge is 0.456 e. The summed E-state index contributed by atoms with van der Waals surface area (Å²) in [5, 5.41) is 6.03. The van der Waals surface area contributed by atoms with Crippen LogP contribution in [0.2, 0.25) is 0 Å². The fourth-order valence-corrected chi connectivity index (χ4v) is 4.07. The van der Waals surface area contributed by atoms with Crippen LogP contribution in [-0.2, 0) is 57.2 Å². The van der Waals surface area contributed by atoms with E-state index < -0.39 is 70.8 Å². The third kappa shape index (κ3) is 13.2. The highest BCUT2D eigenvalue weighted by Crippen LogP contribution is 2.31. The molecule has 0 aliphatic carbocycles. The highest BCUT2D eigenvalue weighted by atomic mass is 32.2. The van der Waals surface area contributed by atoms with Gasteiger partial charge in [-0.1, -0.05) is 11.5 Å². The van der Waals surface area contributed by atoms with Crippen LogP contribution in [0.3, 0.4) is 0 Å². The van der Waals surface area contributed by atoms with Crippen molar-refractivity contribution in [3.05, 3.63) is 10.4 Å². The van der Waals surface area contributed by atoms with E-state index in [1.165, 1.54) is 0 Å². The number of alkyl halides is 3. The van der Waals surface area contributed by atoms with Gasteiger partial charge in [0.2, 0.25) is 5.91 Å².